The molecule has 2 nitrogen and oxygen atoms in total. The Kier molecular flexibility index (Phi) is 2.58. The number of methoxy groups -OCH3 is 1. The lowest BCUT2D eigenvalue weighted by Crippen LogP contribution is -1.92. The Bertz CT molecular complexity index is 477. The molecule has 0 atom stereocenters. The van der Waals surface area contributed by atoms with Gasteiger partial charge in [-0.1, -0.05) is 19.9 Å². The predicted molar refractivity (Wildman–Crippen MR) is 62.4 cm³/mol. The van der Waals surface area contributed by atoms with Crippen molar-refractivity contribution in [3.05, 3.63) is 36.2 Å². The fourth-order valence-corrected chi connectivity index (χ4v) is 1.58. The molecule has 0 saturated heterocycles. The van der Waals surface area contributed by atoms with Crippen molar-refractivity contribution in [2.45, 2.75) is 19.8 Å². The van der Waals surface area contributed by atoms with Crippen molar-refractivity contribution in [1.29, 1.82) is 0 Å². The van der Waals surface area contributed by atoms with Gasteiger partial charge in [0.15, 0.2) is 0 Å². The summed E-state index contributed by atoms with van der Waals surface area (Å²) in [6.45, 7) is 4.30. The Morgan fingerprint density at radius 1 is 1.13 bits per heavy atom. The summed E-state index contributed by atoms with van der Waals surface area (Å²) in [5, 5.41) is 2.34. The molecule has 0 aliphatic heterocycles. The monoisotopic (exact) mass is 201 g/mol. The fraction of sp³-hybridized carbons (Fsp3) is 0.308. The molecule has 1 aromatic carbocycles. The molecule has 0 fully saturated rings. The van der Waals surface area contributed by atoms with Crippen LogP contribution in [0.25, 0.3) is 10.8 Å². The van der Waals surface area contributed by atoms with Crippen LogP contribution in [0.2, 0.25) is 0 Å². The second-order valence-electron chi connectivity index (χ2n) is 3.98. The molecule has 2 aromatic rings. The van der Waals surface area contributed by atoms with E-state index < -0.39 is 0 Å². The van der Waals surface area contributed by atoms with Gasteiger partial charge in [0.25, 0.3) is 0 Å². The van der Waals surface area contributed by atoms with Gasteiger partial charge in [0, 0.05) is 17.3 Å². The van der Waals surface area contributed by atoms with E-state index in [0.717, 1.165) is 16.8 Å². The first-order valence-corrected chi connectivity index (χ1v) is 5.14. The van der Waals surface area contributed by atoms with Gasteiger partial charge < -0.3 is 4.74 Å². The van der Waals surface area contributed by atoms with Gasteiger partial charge in [-0.15, -0.1) is 0 Å². The number of benzene rings is 1. The van der Waals surface area contributed by atoms with Crippen LogP contribution in [0, 0.1) is 0 Å². The molecule has 2 heteroatoms. The first-order valence-electron chi connectivity index (χ1n) is 5.14. The molecular weight excluding hydrogens is 186 g/mol. The van der Waals surface area contributed by atoms with Crippen molar-refractivity contribution in [2.24, 2.45) is 0 Å². The molecule has 0 saturated carbocycles. The summed E-state index contributed by atoms with van der Waals surface area (Å²) in [7, 11) is 1.68. The van der Waals surface area contributed by atoms with E-state index >= 15 is 0 Å². The quantitative estimate of drug-likeness (QED) is 0.743. The van der Waals surface area contributed by atoms with E-state index in [1.165, 1.54) is 5.39 Å². The average molecular weight is 201 g/mol. The number of pyridine rings is 1. The van der Waals surface area contributed by atoms with Crippen molar-refractivity contribution in [2.75, 3.05) is 7.11 Å². The Hall–Kier alpha value is -1.57. The van der Waals surface area contributed by atoms with Crippen LogP contribution in [-0.2, 0) is 0 Å². The predicted octanol–water partition coefficient (Wildman–Crippen LogP) is 3.37. The third-order valence-corrected chi connectivity index (χ3v) is 2.54. The Morgan fingerprint density at radius 3 is 2.60 bits per heavy atom. The second-order valence-corrected chi connectivity index (χ2v) is 3.98. The first kappa shape index (κ1) is 9.97. The summed E-state index contributed by atoms with van der Waals surface area (Å²) in [5.74, 6) is 1.35. The first-order chi connectivity index (χ1) is 7.20. The number of aromatic nitrogens is 1. The zero-order valence-corrected chi connectivity index (χ0v) is 9.32. The van der Waals surface area contributed by atoms with E-state index in [1.807, 2.05) is 18.3 Å². The van der Waals surface area contributed by atoms with Gasteiger partial charge in [0.2, 0.25) is 0 Å². The van der Waals surface area contributed by atoms with Crippen LogP contribution in [0.1, 0.15) is 25.5 Å². The Morgan fingerprint density at radius 2 is 1.93 bits per heavy atom. The molecule has 0 aliphatic rings. The summed E-state index contributed by atoms with van der Waals surface area (Å²) >= 11 is 0. The summed E-state index contributed by atoms with van der Waals surface area (Å²) in [6, 6.07) is 8.19. The smallest absolute Gasteiger partial charge is 0.119 e. The molecule has 1 heterocycles. The summed E-state index contributed by atoms with van der Waals surface area (Å²) in [4.78, 5) is 4.43. The number of hydrogen-bond donors (Lipinski definition) is 0. The normalized spacial score (nSPS) is 10.9. The van der Waals surface area contributed by atoms with E-state index in [1.54, 1.807) is 7.11 Å². The highest BCUT2D eigenvalue weighted by Gasteiger charge is 2.02. The standard InChI is InChI=1S/C13H15NO/c1-9(2)13-7-10-4-5-12(15-3)6-11(10)8-14-13/h4-9H,1-3H3. The minimum atomic E-state index is 0.469. The average Bonchev–Trinajstić information content (AvgIpc) is 2.27. The van der Waals surface area contributed by atoms with Crippen LogP contribution in [0.3, 0.4) is 0 Å². The molecule has 0 bridgehead atoms. The van der Waals surface area contributed by atoms with Crippen molar-refractivity contribution in [3.63, 3.8) is 0 Å². The highest BCUT2D eigenvalue weighted by atomic mass is 16.5. The van der Waals surface area contributed by atoms with Gasteiger partial charge in [0.05, 0.1) is 7.11 Å². The second kappa shape index (κ2) is 3.89. The molecule has 1 aromatic heterocycles. The highest BCUT2D eigenvalue weighted by Crippen LogP contribution is 2.22. The van der Waals surface area contributed by atoms with Gasteiger partial charge >= 0.3 is 0 Å². The maximum absolute atomic E-state index is 5.17. The SMILES string of the molecule is COc1ccc2cc(C(C)C)ncc2c1. The summed E-state index contributed by atoms with van der Waals surface area (Å²) in [5.41, 5.74) is 1.13. The fourth-order valence-electron chi connectivity index (χ4n) is 1.58. The largest absolute Gasteiger partial charge is 0.497 e. The van der Waals surface area contributed by atoms with Crippen molar-refractivity contribution < 1.29 is 4.74 Å². The number of rotatable bonds is 2. The van der Waals surface area contributed by atoms with E-state index in [2.05, 4.69) is 31.0 Å². The lowest BCUT2D eigenvalue weighted by Gasteiger charge is -2.06. The van der Waals surface area contributed by atoms with Gasteiger partial charge in [-0.2, -0.15) is 0 Å². The molecule has 15 heavy (non-hydrogen) atoms. The number of hydrogen-bond acceptors (Lipinski definition) is 2. The van der Waals surface area contributed by atoms with Crippen LogP contribution in [-0.4, -0.2) is 12.1 Å². The van der Waals surface area contributed by atoms with Crippen molar-refractivity contribution >= 4 is 10.8 Å². The van der Waals surface area contributed by atoms with Crippen LogP contribution in [0.4, 0.5) is 0 Å². The zero-order valence-electron chi connectivity index (χ0n) is 9.32. The molecular formula is C13H15NO. The maximum atomic E-state index is 5.17. The molecule has 0 radical (unpaired) electrons. The lowest BCUT2D eigenvalue weighted by atomic mass is 10.1. The van der Waals surface area contributed by atoms with Crippen molar-refractivity contribution in [3.8, 4) is 5.75 Å². The van der Waals surface area contributed by atoms with Gasteiger partial charge in [-0.3, -0.25) is 4.98 Å². The van der Waals surface area contributed by atoms with E-state index in [0.29, 0.717) is 5.92 Å². The van der Waals surface area contributed by atoms with Gasteiger partial charge in [-0.05, 0) is 29.5 Å². The minimum absolute atomic E-state index is 0.469. The topological polar surface area (TPSA) is 22.1 Å². The summed E-state index contributed by atoms with van der Waals surface area (Å²) in [6.07, 6.45) is 1.91. The molecule has 0 amide bonds. The molecule has 2 rings (SSSR count). The van der Waals surface area contributed by atoms with Crippen LogP contribution >= 0.6 is 0 Å². The number of nitrogens with zero attached hydrogens (tertiary/aromatic N) is 1. The van der Waals surface area contributed by atoms with E-state index in [4.69, 9.17) is 4.74 Å². The molecule has 0 spiro atoms. The minimum Gasteiger partial charge on any atom is -0.497 e. The van der Waals surface area contributed by atoms with E-state index in [9.17, 15) is 0 Å². The van der Waals surface area contributed by atoms with Crippen LogP contribution < -0.4 is 4.74 Å². The Balaban J connectivity index is 2.55. The molecule has 0 N–H and O–H groups in total. The molecule has 0 unspecified atom stereocenters. The Labute approximate surface area is 89.9 Å². The van der Waals surface area contributed by atoms with E-state index in [-0.39, 0.29) is 0 Å². The molecule has 78 valence electrons. The zero-order chi connectivity index (χ0) is 10.8. The maximum Gasteiger partial charge on any atom is 0.119 e. The van der Waals surface area contributed by atoms with Crippen LogP contribution in [0.15, 0.2) is 30.5 Å². The van der Waals surface area contributed by atoms with Gasteiger partial charge in [-0.25, -0.2) is 0 Å². The number of fused-ring (bicyclic) bond motifs is 1. The molecule has 0 aliphatic carbocycles. The lowest BCUT2D eigenvalue weighted by molar-refractivity contribution is 0.415. The third-order valence-electron chi connectivity index (χ3n) is 2.54. The van der Waals surface area contributed by atoms with Crippen LogP contribution in [0.5, 0.6) is 5.75 Å². The summed E-state index contributed by atoms with van der Waals surface area (Å²) < 4.78 is 5.17. The van der Waals surface area contributed by atoms with Gasteiger partial charge in [0.1, 0.15) is 5.75 Å². The highest BCUT2D eigenvalue weighted by molar-refractivity contribution is 5.83. The number of ether oxygens (including phenoxy) is 1. The van der Waals surface area contributed by atoms with Crippen molar-refractivity contribution in [1.82, 2.24) is 4.98 Å². The third kappa shape index (κ3) is 1.94.